The minimum atomic E-state index is 0.384. The van der Waals surface area contributed by atoms with Crippen LogP contribution in [0.4, 0.5) is 5.69 Å². The van der Waals surface area contributed by atoms with Crippen molar-refractivity contribution in [1.82, 2.24) is 10.2 Å². The molecule has 23 heavy (non-hydrogen) atoms. The first-order chi connectivity index (χ1) is 11.2. The van der Waals surface area contributed by atoms with Gasteiger partial charge in [0.1, 0.15) is 5.75 Å². The molecule has 0 radical (unpaired) electrons. The molecule has 1 aromatic rings. The summed E-state index contributed by atoms with van der Waals surface area (Å²) in [5.41, 5.74) is 2.05. The van der Waals surface area contributed by atoms with Gasteiger partial charge in [-0.15, -0.1) is 0 Å². The number of hydrogen-bond donors (Lipinski definition) is 2. The number of phenolic OH excluding ortho intramolecular Hbond substituents is 1. The van der Waals surface area contributed by atoms with Crippen molar-refractivity contribution in [2.75, 3.05) is 57.4 Å². The van der Waals surface area contributed by atoms with Crippen LogP contribution in [0.5, 0.6) is 5.75 Å². The Bertz CT molecular complexity index is 458. The fourth-order valence-corrected chi connectivity index (χ4v) is 2.96. The Balaban J connectivity index is 1.70. The molecule has 0 unspecified atom stereocenters. The highest BCUT2D eigenvalue weighted by Crippen LogP contribution is 2.24. The minimum Gasteiger partial charge on any atom is -0.508 e. The second kappa shape index (κ2) is 9.75. The molecule has 0 saturated carbocycles. The summed E-state index contributed by atoms with van der Waals surface area (Å²) in [6, 6.07) is 5.99. The lowest BCUT2D eigenvalue weighted by atomic mass is 10.1. The third kappa shape index (κ3) is 5.68. The zero-order chi connectivity index (χ0) is 16.5. The van der Waals surface area contributed by atoms with E-state index >= 15 is 0 Å². The van der Waals surface area contributed by atoms with E-state index in [4.69, 9.17) is 4.74 Å². The normalized spacial score (nSPS) is 15.7. The van der Waals surface area contributed by atoms with E-state index in [1.807, 2.05) is 12.1 Å². The van der Waals surface area contributed by atoms with E-state index in [2.05, 4.69) is 35.0 Å². The molecule has 0 spiro atoms. The molecular formula is C18H31N3O2. The molecule has 0 aliphatic carbocycles. The standard InChI is InChI=1S/C18H31N3O2/c1-3-21(4-2)17-7-6-16(18(22)14-17)15-19-8-5-9-20-10-12-23-13-11-20/h6-7,14,19,22H,3-5,8-13,15H2,1-2H3. The van der Waals surface area contributed by atoms with Gasteiger partial charge in [-0.1, -0.05) is 6.07 Å². The smallest absolute Gasteiger partial charge is 0.122 e. The lowest BCUT2D eigenvalue weighted by Gasteiger charge is -2.26. The average Bonchev–Trinajstić information content (AvgIpc) is 2.58. The summed E-state index contributed by atoms with van der Waals surface area (Å²) in [6.45, 7) is 12.8. The Morgan fingerprint density at radius 1 is 1.22 bits per heavy atom. The van der Waals surface area contributed by atoms with Crippen LogP contribution in [-0.4, -0.2) is 62.5 Å². The summed E-state index contributed by atoms with van der Waals surface area (Å²) in [5, 5.41) is 13.6. The molecule has 0 bridgehead atoms. The summed E-state index contributed by atoms with van der Waals surface area (Å²) in [5.74, 6) is 0.384. The van der Waals surface area contributed by atoms with Crippen LogP contribution in [0.3, 0.4) is 0 Å². The zero-order valence-corrected chi connectivity index (χ0v) is 14.6. The minimum absolute atomic E-state index is 0.384. The first-order valence-corrected chi connectivity index (χ1v) is 8.82. The summed E-state index contributed by atoms with van der Waals surface area (Å²) in [4.78, 5) is 4.68. The highest BCUT2D eigenvalue weighted by Gasteiger charge is 2.09. The number of phenols is 1. The highest BCUT2D eigenvalue weighted by atomic mass is 16.5. The predicted molar refractivity (Wildman–Crippen MR) is 95.3 cm³/mol. The van der Waals surface area contributed by atoms with E-state index < -0.39 is 0 Å². The van der Waals surface area contributed by atoms with E-state index in [0.29, 0.717) is 12.3 Å². The fourth-order valence-electron chi connectivity index (χ4n) is 2.96. The summed E-state index contributed by atoms with van der Waals surface area (Å²) in [7, 11) is 0. The third-order valence-corrected chi connectivity index (χ3v) is 4.44. The number of anilines is 1. The van der Waals surface area contributed by atoms with Crippen molar-refractivity contribution < 1.29 is 9.84 Å². The maximum Gasteiger partial charge on any atom is 0.122 e. The first kappa shape index (κ1) is 18.0. The van der Waals surface area contributed by atoms with Gasteiger partial charge in [-0.3, -0.25) is 4.90 Å². The van der Waals surface area contributed by atoms with Crippen molar-refractivity contribution in [2.45, 2.75) is 26.8 Å². The lowest BCUT2D eigenvalue weighted by molar-refractivity contribution is 0.0374. The Morgan fingerprint density at radius 2 is 1.96 bits per heavy atom. The van der Waals surface area contributed by atoms with Gasteiger partial charge in [-0.25, -0.2) is 0 Å². The van der Waals surface area contributed by atoms with Crippen LogP contribution in [0.15, 0.2) is 18.2 Å². The summed E-state index contributed by atoms with van der Waals surface area (Å²) >= 11 is 0. The van der Waals surface area contributed by atoms with Crippen LogP contribution in [0, 0.1) is 0 Å². The average molecular weight is 321 g/mol. The van der Waals surface area contributed by atoms with Gasteiger partial charge in [0, 0.05) is 50.0 Å². The second-order valence-corrected chi connectivity index (χ2v) is 5.97. The fraction of sp³-hybridized carbons (Fsp3) is 0.667. The van der Waals surface area contributed by atoms with E-state index in [9.17, 15) is 5.11 Å². The van der Waals surface area contributed by atoms with Crippen molar-refractivity contribution in [3.05, 3.63) is 23.8 Å². The number of aromatic hydroxyl groups is 1. The summed E-state index contributed by atoms with van der Waals surface area (Å²) < 4.78 is 5.35. The quantitative estimate of drug-likeness (QED) is 0.682. The number of nitrogens with zero attached hydrogens (tertiary/aromatic N) is 2. The number of rotatable bonds is 9. The van der Waals surface area contributed by atoms with Crippen LogP contribution in [0.2, 0.25) is 0 Å². The van der Waals surface area contributed by atoms with Gasteiger partial charge in [-0.05, 0) is 39.4 Å². The third-order valence-electron chi connectivity index (χ3n) is 4.44. The van der Waals surface area contributed by atoms with Crippen LogP contribution in [0.25, 0.3) is 0 Å². The molecule has 130 valence electrons. The first-order valence-electron chi connectivity index (χ1n) is 8.82. The number of benzene rings is 1. The molecule has 1 fully saturated rings. The number of hydrogen-bond acceptors (Lipinski definition) is 5. The van der Waals surface area contributed by atoms with E-state index in [-0.39, 0.29) is 0 Å². The van der Waals surface area contributed by atoms with Crippen molar-refractivity contribution >= 4 is 5.69 Å². The van der Waals surface area contributed by atoms with Crippen LogP contribution >= 0.6 is 0 Å². The van der Waals surface area contributed by atoms with Gasteiger partial charge in [-0.2, -0.15) is 0 Å². The molecule has 1 aliphatic heterocycles. The van der Waals surface area contributed by atoms with E-state index in [1.165, 1.54) is 0 Å². The second-order valence-electron chi connectivity index (χ2n) is 5.97. The molecule has 2 N–H and O–H groups in total. The lowest BCUT2D eigenvalue weighted by Crippen LogP contribution is -2.37. The zero-order valence-electron chi connectivity index (χ0n) is 14.6. The molecule has 0 amide bonds. The van der Waals surface area contributed by atoms with E-state index in [0.717, 1.165) is 70.2 Å². The van der Waals surface area contributed by atoms with Gasteiger partial charge in [0.15, 0.2) is 0 Å². The SMILES string of the molecule is CCN(CC)c1ccc(CNCCCN2CCOCC2)c(O)c1. The maximum absolute atomic E-state index is 10.2. The van der Waals surface area contributed by atoms with Crippen LogP contribution < -0.4 is 10.2 Å². The van der Waals surface area contributed by atoms with E-state index in [1.54, 1.807) is 0 Å². The molecular weight excluding hydrogens is 290 g/mol. The number of nitrogens with one attached hydrogen (secondary N) is 1. The molecule has 0 atom stereocenters. The number of ether oxygens (including phenoxy) is 1. The van der Waals surface area contributed by atoms with Crippen LogP contribution in [-0.2, 0) is 11.3 Å². The largest absolute Gasteiger partial charge is 0.508 e. The highest BCUT2D eigenvalue weighted by molar-refractivity contribution is 5.53. The molecule has 1 aromatic carbocycles. The van der Waals surface area contributed by atoms with Gasteiger partial charge in [0.05, 0.1) is 13.2 Å². The molecule has 5 heteroatoms. The van der Waals surface area contributed by atoms with Crippen molar-refractivity contribution in [1.29, 1.82) is 0 Å². The van der Waals surface area contributed by atoms with Crippen molar-refractivity contribution in [3.63, 3.8) is 0 Å². The molecule has 1 saturated heterocycles. The van der Waals surface area contributed by atoms with Crippen molar-refractivity contribution in [3.8, 4) is 5.75 Å². The maximum atomic E-state index is 10.2. The van der Waals surface area contributed by atoms with Crippen LogP contribution in [0.1, 0.15) is 25.8 Å². The Hall–Kier alpha value is -1.30. The predicted octanol–water partition coefficient (Wildman–Crippen LogP) is 2.05. The van der Waals surface area contributed by atoms with Gasteiger partial charge in [0.25, 0.3) is 0 Å². The monoisotopic (exact) mass is 321 g/mol. The Morgan fingerprint density at radius 3 is 2.61 bits per heavy atom. The molecule has 0 aromatic heterocycles. The Labute approximate surface area is 140 Å². The molecule has 5 nitrogen and oxygen atoms in total. The summed E-state index contributed by atoms with van der Waals surface area (Å²) in [6.07, 6.45) is 1.12. The number of morpholine rings is 1. The Kier molecular flexibility index (Phi) is 7.65. The van der Waals surface area contributed by atoms with Gasteiger partial charge in [0.2, 0.25) is 0 Å². The molecule has 1 aliphatic rings. The molecule has 1 heterocycles. The molecule has 2 rings (SSSR count). The van der Waals surface area contributed by atoms with Gasteiger partial charge >= 0.3 is 0 Å². The van der Waals surface area contributed by atoms with Crippen molar-refractivity contribution in [2.24, 2.45) is 0 Å². The topological polar surface area (TPSA) is 48.0 Å². The van der Waals surface area contributed by atoms with Gasteiger partial charge < -0.3 is 20.1 Å².